The summed E-state index contributed by atoms with van der Waals surface area (Å²) < 4.78 is 44.7. The first-order chi connectivity index (χ1) is 12.5. The van der Waals surface area contributed by atoms with Crippen molar-refractivity contribution in [3.05, 3.63) is 47.3 Å². The van der Waals surface area contributed by atoms with Crippen LogP contribution in [0.5, 0.6) is 0 Å². The number of rotatable bonds is 6. The summed E-state index contributed by atoms with van der Waals surface area (Å²) in [7, 11) is 1.30. The van der Waals surface area contributed by atoms with Gasteiger partial charge in [0.2, 0.25) is 0 Å². The van der Waals surface area contributed by atoms with Crippen molar-refractivity contribution in [2.45, 2.75) is 25.6 Å². The molecule has 1 unspecified atom stereocenters. The molecular formula is C17H18F3N3O4. The lowest BCUT2D eigenvalue weighted by Gasteiger charge is -2.25. The van der Waals surface area contributed by atoms with E-state index in [1.165, 1.54) is 44.0 Å². The number of amides is 1. The minimum atomic E-state index is -4.51. The van der Waals surface area contributed by atoms with Crippen LogP contribution in [0.4, 0.5) is 13.2 Å². The Morgan fingerprint density at radius 2 is 2.00 bits per heavy atom. The number of hydrogen-bond acceptors (Lipinski definition) is 4. The van der Waals surface area contributed by atoms with Crippen LogP contribution < -0.4 is 5.32 Å². The lowest BCUT2D eigenvalue weighted by atomic mass is 10.0. The number of carboxylic acid groups (broad SMARTS) is 1. The summed E-state index contributed by atoms with van der Waals surface area (Å²) >= 11 is 0. The molecule has 1 aromatic carbocycles. The maximum atomic E-state index is 12.9. The first-order valence-corrected chi connectivity index (χ1v) is 7.76. The van der Waals surface area contributed by atoms with E-state index in [2.05, 4.69) is 10.4 Å². The molecule has 1 heterocycles. The molecule has 10 heteroatoms. The van der Waals surface area contributed by atoms with E-state index in [1.54, 1.807) is 0 Å². The summed E-state index contributed by atoms with van der Waals surface area (Å²) in [6.07, 6.45) is -3.35. The number of ether oxygens (including phenoxy) is 1. The Balaban J connectivity index is 2.35. The Hall–Kier alpha value is -2.88. The van der Waals surface area contributed by atoms with Gasteiger partial charge in [-0.05, 0) is 32.0 Å². The molecule has 0 fully saturated rings. The van der Waals surface area contributed by atoms with E-state index in [9.17, 15) is 27.9 Å². The van der Waals surface area contributed by atoms with Crippen molar-refractivity contribution in [3.8, 4) is 5.69 Å². The quantitative estimate of drug-likeness (QED) is 0.797. The molecule has 0 bridgehead atoms. The van der Waals surface area contributed by atoms with Gasteiger partial charge < -0.3 is 15.2 Å². The summed E-state index contributed by atoms with van der Waals surface area (Å²) in [6.45, 7) is 2.51. The molecule has 1 atom stereocenters. The van der Waals surface area contributed by atoms with Gasteiger partial charge in [-0.25, -0.2) is 9.48 Å². The zero-order valence-electron chi connectivity index (χ0n) is 14.8. The van der Waals surface area contributed by atoms with Crippen molar-refractivity contribution >= 4 is 11.9 Å². The highest BCUT2D eigenvalue weighted by Crippen LogP contribution is 2.30. The van der Waals surface area contributed by atoms with Crippen molar-refractivity contribution in [1.82, 2.24) is 15.1 Å². The van der Waals surface area contributed by atoms with Crippen molar-refractivity contribution in [1.29, 1.82) is 0 Å². The number of nitrogens with zero attached hydrogens (tertiary/aromatic N) is 2. The fourth-order valence-electron chi connectivity index (χ4n) is 2.46. The predicted molar refractivity (Wildman–Crippen MR) is 88.7 cm³/mol. The number of nitrogens with one attached hydrogen (secondary N) is 1. The number of alkyl halides is 3. The zero-order chi connectivity index (χ0) is 20.4. The second-order valence-electron chi connectivity index (χ2n) is 6.13. The molecule has 0 aliphatic heterocycles. The van der Waals surface area contributed by atoms with Crippen LogP contribution in [0.2, 0.25) is 0 Å². The second-order valence-corrected chi connectivity index (χ2v) is 6.13. The van der Waals surface area contributed by atoms with Gasteiger partial charge in [0.25, 0.3) is 5.91 Å². The number of aliphatic carboxylic acids is 1. The van der Waals surface area contributed by atoms with E-state index >= 15 is 0 Å². The van der Waals surface area contributed by atoms with Crippen LogP contribution in [-0.2, 0) is 15.7 Å². The lowest BCUT2D eigenvalue weighted by molar-refractivity contribution is -0.146. The molecule has 0 aliphatic carbocycles. The summed E-state index contributed by atoms with van der Waals surface area (Å²) in [5.41, 5.74) is -2.09. The van der Waals surface area contributed by atoms with Crippen molar-refractivity contribution in [2.75, 3.05) is 13.7 Å². The Morgan fingerprint density at radius 3 is 2.56 bits per heavy atom. The number of hydrogen-bond donors (Lipinski definition) is 2. The molecule has 0 saturated carbocycles. The first-order valence-electron chi connectivity index (χ1n) is 7.76. The van der Waals surface area contributed by atoms with Crippen LogP contribution in [0.1, 0.15) is 28.5 Å². The van der Waals surface area contributed by atoms with E-state index in [0.29, 0.717) is 0 Å². The minimum absolute atomic E-state index is 0.0380. The van der Waals surface area contributed by atoms with Gasteiger partial charge in [0.1, 0.15) is 0 Å². The number of carboxylic acids is 1. The molecule has 2 rings (SSSR count). The van der Waals surface area contributed by atoms with E-state index in [4.69, 9.17) is 4.74 Å². The molecule has 0 radical (unpaired) electrons. The summed E-state index contributed by atoms with van der Waals surface area (Å²) in [6, 6.07) is 4.50. The smallest absolute Gasteiger partial charge is 0.416 e. The molecular weight excluding hydrogens is 367 g/mol. The van der Waals surface area contributed by atoms with Crippen molar-refractivity contribution in [3.63, 3.8) is 0 Å². The summed E-state index contributed by atoms with van der Waals surface area (Å²) in [4.78, 5) is 23.9. The van der Waals surface area contributed by atoms with E-state index in [1.807, 2.05) is 0 Å². The van der Waals surface area contributed by atoms with Gasteiger partial charge in [0.05, 0.1) is 35.3 Å². The van der Waals surface area contributed by atoms with Crippen molar-refractivity contribution < 1.29 is 32.6 Å². The monoisotopic (exact) mass is 385 g/mol. The zero-order valence-corrected chi connectivity index (χ0v) is 14.8. The fraction of sp³-hybridized carbons (Fsp3) is 0.353. The number of aromatic nitrogens is 2. The Kier molecular flexibility index (Phi) is 5.59. The maximum Gasteiger partial charge on any atom is 0.416 e. The van der Waals surface area contributed by atoms with Gasteiger partial charge in [-0.1, -0.05) is 6.07 Å². The maximum absolute atomic E-state index is 12.9. The van der Waals surface area contributed by atoms with Crippen LogP contribution >= 0.6 is 0 Å². The standard InChI is InChI=1S/C17H18F3N3O4/c1-10-13(14(24)22-16(2,9-27-3)15(25)26)8-21-23(10)12-6-4-5-11(7-12)17(18,19)20/h4-8H,9H2,1-3H3,(H,22,24)(H,25,26). The van der Waals surface area contributed by atoms with Gasteiger partial charge in [0, 0.05) is 7.11 Å². The number of methoxy groups -OCH3 is 1. The SMILES string of the molecule is COCC(C)(NC(=O)c1cnn(-c2cccc(C(F)(F)F)c2)c1C)C(=O)O. The minimum Gasteiger partial charge on any atom is -0.479 e. The third-order valence-electron chi connectivity index (χ3n) is 3.97. The van der Waals surface area contributed by atoms with Crippen LogP contribution in [0.3, 0.4) is 0 Å². The highest BCUT2D eigenvalue weighted by molar-refractivity contribution is 5.98. The van der Waals surface area contributed by atoms with Crippen LogP contribution in [-0.4, -0.2) is 46.0 Å². The average molecular weight is 385 g/mol. The van der Waals surface area contributed by atoms with Crippen LogP contribution in [0.15, 0.2) is 30.5 Å². The number of carbonyl (C=O) groups is 2. The molecule has 7 nitrogen and oxygen atoms in total. The average Bonchev–Trinajstić information content (AvgIpc) is 2.96. The molecule has 27 heavy (non-hydrogen) atoms. The predicted octanol–water partition coefficient (Wildman–Crippen LogP) is 2.42. The molecule has 0 saturated heterocycles. The van der Waals surface area contributed by atoms with E-state index in [-0.39, 0.29) is 23.6 Å². The number of benzene rings is 1. The molecule has 146 valence electrons. The molecule has 0 aliphatic rings. The third kappa shape index (κ3) is 4.27. The summed E-state index contributed by atoms with van der Waals surface area (Å²) in [5, 5.41) is 15.6. The Morgan fingerprint density at radius 1 is 1.33 bits per heavy atom. The Bertz CT molecular complexity index is 863. The molecule has 0 spiro atoms. The molecule has 1 aromatic heterocycles. The Labute approximate surface area is 152 Å². The highest BCUT2D eigenvalue weighted by Gasteiger charge is 2.36. The topological polar surface area (TPSA) is 93.5 Å². The first kappa shape index (κ1) is 20.4. The third-order valence-corrected chi connectivity index (χ3v) is 3.97. The van der Waals surface area contributed by atoms with Gasteiger partial charge >= 0.3 is 12.1 Å². The van der Waals surface area contributed by atoms with Gasteiger partial charge in [-0.3, -0.25) is 4.79 Å². The highest BCUT2D eigenvalue weighted by atomic mass is 19.4. The van der Waals surface area contributed by atoms with Gasteiger partial charge in [-0.2, -0.15) is 18.3 Å². The molecule has 1 amide bonds. The van der Waals surface area contributed by atoms with Gasteiger partial charge in [0.15, 0.2) is 5.54 Å². The van der Waals surface area contributed by atoms with Crippen LogP contribution in [0.25, 0.3) is 5.69 Å². The normalized spacial score (nSPS) is 13.9. The van der Waals surface area contributed by atoms with Crippen LogP contribution in [0, 0.1) is 6.92 Å². The lowest BCUT2D eigenvalue weighted by Crippen LogP contribution is -2.55. The van der Waals surface area contributed by atoms with E-state index in [0.717, 1.165) is 12.1 Å². The molecule has 2 aromatic rings. The largest absolute Gasteiger partial charge is 0.479 e. The van der Waals surface area contributed by atoms with Crippen molar-refractivity contribution in [2.24, 2.45) is 0 Å². The summed E-state index contributed by atoms with van der Waals surface area (Å²) in [5.74, 6) is -2.02. The number of carbonyl (C=O) groups excluding carboxylic acids is 1. The van der Waals surface area contributed by atoms with Gasteiger partial charge in [-0.15, -0.1) is 0 Å². The second kappa shape index (κ2) is 7.39. The van der Waals surface area contributed by atoms with E-state index < -0.39 is 29.2 Å². The fourth-order valence-corrected chi connectivity index (χ4v) is 2.46. The number of halogens is 3. The molecule has 2 N–H and O–H groups in total.